The number of hydrogen-bond donors (Lipinski definition) is 3. The molecule has 0 saturated heterocycles. The second-order valence-electron chi connectivity index (χ2n) is 7.38. The first-order valence-electron chi connectivity index (χ1n) is 9.58. The van der Waals surface area contributed by atoms with Gasteiger partial charge in [-0.25, -0.2) is 4.98 Å². The van der Waals surface area contributed by atoms with E-state index in [0.29, 0.717) is 33.5 Å². The number of fused-ring (bicyclic) bond motifs is 1. The molecule has 0 aliphatic rings. The zero-order valence-corrected chi connectivity index (χ0v) is 20.1. The number of benzene rings is 1. The Hall–Kier alpha value is -2.39. The summed E-state index contributed by atoms with van der Waals surface area (Å²) in [6, 6.07) is 6.73. The summed E-state index contributed by atoms with van der Waals surface area (Å²) in [6.07, 6.45) is 3.29. The van der Waals surface area contributed by atoms with E-state index in [2.05, 4.69) is 20.5 Å². The van der Waals surface area contributed by atoms with Crippen LogP contribution in [0.5, 0.6) is 0 Å². The number of halogens is 1. The van der Waals surface area contributed by atoms with Crippen LogP contribution in [0.4, 0.5) is 5.69 Å². The molecule has 0 unspecified atom stereocenters. The summed E-state index contributed by atoms with van der Waals surface area (Å²) in [4.78, 5) is 17.2. The minimum atomic E-state index is -0.448. The van der Waals surface area contributed by atoms with Gasteiger partial charge in [0, 0.05) is 55.1 Å². The van der Waals surface area contributed by atoms with Crippen molar-refractivity contribution in [2.45, 2.75) is 26.8 Å². The van der Waals surface area contributed by atoms with Gasteiger partial charge in [-0.15, -0.1) is 0 Å². The molecule has 1 radical (unpaired) electrons. The van der Waals surface area contributed by atoms with E-state index in [1.54, 1.807) is 31.5 Å². The quantitative estimate of drug-likeness (QED) is 0.136. The fourth-order valence-corrected chi connectivity index (χ4v) is 3.75. The first kappa shape index (κ1) is 24.3. The Morgan fingerprint density at radius 3 is 2.72 bits per heavy atom. The van der Waals surface area contributed by atoms with Crippen molar-refractivity contribution >= 4 is 34.1 Å². The minimum absolute atomic E-state index is 0. The first-order valence-corrected chi connectivity index (χ1v) is 9.96. The molecular formula is C22H20ClHoN6O2-. The molecule has 0 bridgehead atoms. The van der Waals surface area contributed by atoms with Gasteiger partial charge in [-0.3, -0.25) is 9.89 Å². The van der Waals surface area contributed by atoms with Gasteiger partial charge >= 0.3 is 0 Å². The average Bonchev–Trinajstić information content (AvgIpc) is 3.26. The van der Waals surface area contributed by atoms with E-state index in [-0.39, 0.29) is 60.1 Å². The van der Waals surface area contributed by atoms with Gasteiger partial charge in [-0.2, -0.15) is 5.10 Å². The average molecular weight is 601 g/mol. The summed E-state index contributed by atoms with van der Waals surface area (Å²) in [5, 5.41) is 20.5. The Morgan fingerprint density at radius 1 is 1.31 bits per heavy atom. The van der Waals surface area contributed by atoms with Crippen LogP contribution in [0.3, 0.4) is 0 Å². The Labute approximate surface area is 219 Å². The van der Waals surface area contributed by atoms with Gasteiger partial charge in [0.15, 0.2) is 5.43 Å². The zero-order valence-electron chi connectivity index (χ0n) is 17.5. The molecule has 4 aromatic rings. The van der Waals surface area contributed by atoms with Gasteiger partial charge in [0.2, 0.25) is 0 Å². The maximum Gasteiger partial charge on any atom is 0.196 e. The number of aromatic nitrogens is 3. The summed E-state index contributed by atoms with van der Waals surface area (Å²) in [5.41, 5.74) is 9.47. The molecule has 32 heavy (non-hydrogen) atoms. The monoisotopic (exact) mass is 600 g/mol. The van der Waals surface area contributed by atoms with E-state index < -0.39 is 5.84 Å². The number of nitrogens with one attached hydrogen (secondary N) is 2. The molecule has 1 aromatic carbocycles. The molecule has 169 valence electrons. The van der Waals surface area contributed by atoms with E-state index in [1.807, 2.05) is 26.0 Å². The van der Waals surface area contributed by atoms with Crippen molar-refractivity contribution in [2.24, 2.45) is 5.73 Å². The van der Waals surface area contributed by atoms with Gasteiger partial charge in [-0.1, -0.05) is 17.7 Å². The normalized spacial score (nSPS) is 11.8. The van der Waals surface area contributed by atoms with Crippen molar-refractivity contribution in [3.63, 3.8) is 0 Å². The standard InChI is InChI=1S/C22H20ClN6O2.Ho/c1-10-6-14(12(3)28-16-4-5-17(23)29-18(16)22(24)25)21-15(7-10)19(30)11(2)20(31-21)13-8-26-27-9-13;/h4-9,12H,1-3H3,(H4-,24,25,26,27,28,30);/q-1;/t12-;/m1./s1. The number of pyridine rings is 1. The number of amidine groups is 1. The largest absolute Gasteiger partial charge is 0.493 e. The summed E-state index contributed by atoms with van der Waals surface area (Å²) in [5.74, 6) is 0.0149. The number of nitrogens with two attached hydrogens (primary N) is 1. The minimum Gasteiger partial charge on any atom is -0.493 e. The smallest absolute Gasteiger partial charge is 0.196 e. The Kier molecular flexibility index (Phi) is 7.29. The second-order valence-corrected chi connectivity index (χ2v) is 7.77. The third-order valence-electron chi connectivity index (χ3n) is 5.09. The van der Waals surface area contributed by atoms with Crippen molar-refractivity contribution in [3.05, 3.63) is 79.8 Å². The van der Waals surface area contributed by atoms with Gasteiger partial charge in [0.25, 0.3) is 0 Å². The SMILES string of the molecule is Cc1cc([C@@H](C)Nc2ccc(Cl)nc2C(=[N-])N)c2oc(-c3cn[nH]c3)c(C)c(=O)c2c1.[Ho]. The molecule has 4 N–H and O–H groups in total. The number of nitrogens with zero attached hydrogens (tertiary/aromatic N) is 3. The molecule has 0 aliphatic carbocycles. The van der Waals surface area contributed by atoms with Crippen LogP contribution >= 0.6 is 11.6 Å². The third kappa shape index (κ3) is 4.54. The molecule has 4 rings (SSSR count). The molecule has 0 amide bonds. The summed E-state index contributed by atoms with van der Waals surface area (Å²) >= 11 is 5.94. The summed E-state index contributed by atoms with van der Waals surface area (Å²) in [7, 11) is 0. The van der Waals surface area contributed by atoms with Crippen molar-refractivity contribution in [3.8, 4) is 11.3 Å². The second kappa shape index (κ2) is 9.62. The van der Waals surface area contributed by atoms with Gasteiger partial charge in [0.1, 0.15) is 16.5 Å². The maximum atomic E-state index is 13.1. The molecule has 0 aliphatic heterocycles. The number of rotatable bonds is 5. The predicted octanol–water partition coefficient (Wildman–Crippen LogP) is 4.30. The predicted molar refractivity (Wildman–Crippen MR) is 122 cm³/mol. The topological polar surface area (TPSA) is 132 Å². The number of anilines is 1. The van der Waals surface area contributed by atoms with Crippen LogP contribution in [0.2, 0.25) is 5.15 Å². The molecule has 0 spiro atoms. The van der Waals surface area contributed by atoms with Crippen molar-refractivity contribution in [1.82, 2.24) is 15.2 Å². The van der Waals surface area contributed by atoms with Crippen molar-refractivity contribution in [1.29, 1.82) is 0 Å². The van der Waals surface area contributed by atoms with Gasteiger partial charge in [0.05, 0.1) is 34.6 Å². The maximum absolute atomic E-state index is 13.1. The molecule has 3 heterocycles. The fraction of sp³-hybridized carbons (Fsp3) is 0.182. The molecule has 0 saturated carbocycles. The van der Waals surface area contributed by atoms with Crippen LogP contribution in [0, 0.1) is 51.6 Å². The summed E-state index contributed by atoms with van der Waals surface area (Å²) < 4.78 is 6.24. The number of aromatic amines is 1. The Balaban J connectivity index is 0.00000289. The number of hydrogen-bond acceptors (Lipinski definition) is 5. The van der Waals surface area contributed by atoms with Crippen molar-refractivity contribution < 1.29 is 42.2 Å². The van der Waals surface area contributed by atoms with Gasteiger partial charge in [-0.05, 0) is 50.4 Å². The first-order chi connectivity index (χ1) is 14.8. The van der Waals surface area contributed by atoms with Crippen LogP contribution < -0.4 is 16.5 Å². The van der Waals surface area contributed by atoms with Crippen LogP contribution in [0.1, 0.15) is 35.3 Å². The van der Waals surface area contributed by atoms with E-state index >= 15 is 0 Å². The third-order valence-corrected chi connectivity index (χ3v) is 5.31. The molecule has 0 fully saturated rings. The summed E-state index contributed by atoms with van der Waals surface area (Å²) in [6.45, 7) is 5.57. The molecule has 8 nitrogen and oxygen atoms in total. The van der Waals surface area contributed by atoms with E-state index in [4.69, 9.17) is 21.8 Å². The molecule has 1 atom stereocenters. The van der Waals surface area contributed by atoms with Crippen LogP contribution in [-0.2, 0) is 0 Å². The van der Waals surface area contributed by atoms with E-state index in [9.17, 15) is 10.2 Å². The van der Waals surface area contributed by atoms with E-state index in [0.717, 1.165) is 11.1 Å². The van der Waals surface area contributed by atoms with Crippen LogP contribution in [0.15, 0.2) is 45.9 Å². The zero-order chi connectivity index (χ0) is 22.3. The van der Waals surface area contributed by atoms with Gasteiger partial charge < -0.3 is 20.9 Å². The number of H-pyrrole nitrogens is 1. The van der Waals surface area contributed by atoms with E-state index in [1.165, 1.54) is 0 Å². The molecule has 3 aromatic heterocycles. The Bertz CT molecular complexity index is 1370. The fourth-order valence-electron chi connectivity index (χ4n) is 3.60. The molecule has 10 heteroatoms. The van der Waals surface area contributed by atoms with Crippen LogP contribution in [0.25, 0.3) is 27.7 Å². The van der Waals surface area contributed by atoms with Crippen molar-refractivity contribution in [2.75, 3.05) is 5.32 Å². The van der Waals surface area contributed by atoms with Crippen LogP contribution in [-0.4, -0.2) is 21.0 Å². The number of aryl methyl sites for hydroxylation is 1. The Morgan fingerprint density at radius 2 is 2.06 bits per heavy atom. The molecular weight excluding hydrogens is 581 g/mol.